The van der Waals surface area contributed by atoms with Crippen molar-refractivity contribution in [2.45, 2.75) is 12.8 Å². The lowest BCUT2D eigenvalue weighted by atomic mass is 10.2. The molecule has 0 aromatic heterocycles. The molecular formula is C22H25Br3N2O6. The van der Waals surface area contributed by atoms with Gasteiger partial charge in [0.05, 0.1) is 18.0 Å². The van der Waals surface area contributed by atoms with E-state index in [1.54, 1.807) is 18.2 Å². The van der Waals surface area contributed by atoms with Gasteiger partial charge >= 0.3 is 0 Å². The highest BCUT2D eigenvalue weighted by molar-refractivity contribution is 9.09. The number of nitrogens with one attached hydrogen (secondary N) is 2. The molecule has 4 rings (SSSR count). The number of ether oxygens (including phenoxy) is 3. The van der Waals surface area contributed by atoms with E-state index in [0.29, 0.717) is 29.5 Å². The Morgan fingerprint density at radius 3 is 1.91 bits per heavy atom. The zero-order chi connectivity index (χ0) is 24.1. The van der Waals surface area contributed by atoms with Crippen LogP contribution < -0.4 is 24.8 Å². The number of fused-ring (bicyclic) bond motifs is 2. The van der Waals surface area contributed by atoms with Gasteiger partial charge in [-0.15, -0.1) is 0 Å². The molecule has 0 saturated carbocycles. The highest BCUT2D eigenvalue weighted by Gasteiger charge is 2.16. The Morgan fingerprint density at radius 2 is 1.36 bits per heavy atom. The molecule has 2 aliphatic heterocycles. The molecule has 3 N–H and O–H groups in total. The Bertz CT molecular complexity index is 927. The number of alkyl halides is 3. The number of carbonyl (C=O) groups is 2. The maximum absolute atomic E-state index is 11.1. The van der Waals surface area contributed by atoms with Gasteiger partial charge < -0.3 is 30.0 Å². The zero-order valence-electron chi connectivity index (χ0n) is 17.7. The minimum Gasteiger partial charge on any atom is -0.508 e. The topological polar surface area (TPSA) is 106 Å². The zero-order valence-corrected chi connectivity index (χ0v) is 22.5. The average Bonchev–Trinajstić information content (AvgIpc) is 2.80. The number of hydrogen-bond acceptors (Lipinski definition) is 6. The van der Waals surface area contributed by atoms with Crippen LogP contribution in [0.3, 0.4) is 0 Å². The first-order valence-corrected chi connectivity index (χ1v) is 13.5. The fourth-order valence-corrected chi connectivity index (χ4v) is 4.06. The number of hydrogen-bond donors (Lipinski definition) is 3. The average molecular weight is 653 g/mol. The van der Waals surface area contributed by atoms with E-state index in [0.717, 1.165) is 28.2 Å². The summed E-state index contributed by atoms with van der Waals surface area (Å²) in [5, 5.41) is 17.5. The number of aromatic hydroxyl groups is 1. The fourth-order valence-electron chi connectivity index (χ4n) is 2.52. The SMILES string of the molecule is BrCCCBr.O=C1COc2ccc(O)cc2N1.O=C1COc2ccc(OCCCBr)cc2N1. The van der Waals surface area contributed by atoms with Crippen LogP contribution in [0.1, 0.15) is 12.8 Å². The molecule has 180 valence electrons. The molecule has 2 aliphatic rings. The Balaban J connectivity index is 0.000000200. The molecule has 8 nitrogen and oxygen atoms in total. The third-order valence-electron chi connectivity index (χ3n) is 3.99. The molecule has 0 fully saturated rings. The van der Waals surface area contributed by atoms with Crippen molar-refractivity contribution in [1.29, 1.82) is 0 Å². The normalized spacial score (nSPS) is 13.2. The van der Waals surface area contributed by atoms with Gasteiger partial charge in [-0.1, -0.05) is 47.8 Å². The van der Waals surface area contributed by atoms with E-state index in [2.05, 4.69) is 58.4 Å². The van der Waals surface area contributed by atoms with Crippen LogP contribution >= 0.6 is 47.8 Å². The minimum atomic E-state index is -0.201. The molecule has 33 heavy (non-hydrogen) atoms. The Morgan fingerprint density at radius 1 is 0.818 bits per heavy atom. The molecular weight excluding hydrogens is 628 g/mol. The predicted molar refractivity (Wildman–Crippen MR) is 139 cm³/mol. The first-order chi connectivity index (χ1) is 16.0. The Kier molecular flexibility index (Phi) is 12.4. The molecule has 11 heteroatoms. The molecule has 2 aromatic rings. The van der Waals surface area contributed by atoms with Gasteiger partial charge in [0.15, 0.2) is 13.2 Å². The summed E-state index contributed by atoms with van der Waals surface area (Å²) in [6.45, 7) is 0.771. The molecule has 0 atom stereocenters. The van der Waals surface area contributed by atoms with Gasteiger partial charge in [-0.3, -0.25) is 9.59 Å². The second-order valence-corrected chi connectivity index (χ2v) is 9.01. The van der Waals surface area contributed by atoms with Crippen molar-refractivity contribution in [1.82, 2.24) is 0 Å². The van der Waals surface area contributed by atoms with Gasteiger partial charge in [-0.2, -0.15) is 0 Å². The van der Waals surface area contributed by atoms with Gasteiger partial charge in [0, 0.05) is 28.1 Å². The van der Waals surface area contributed by atoms with Crippen molar-refractivity contribution in [3.8, 4) is 23.0 Å². The monoisotopic (exact) mass is 650 g/mol. The van der Waals surface area contributed by atoms with E-state index in [4.69, 9.17) is 19.3 Å². The van der Waals surface area contributed by atoms with Gasteiger partial charge in [-0.25, -0.2) is 0 Å². The fraction of sp³-hybridized carbons (Fsp3) is 0.364. The van der Waals surface area contributed by atoms with Gasteiger partial charge in [-0.05, 0) is 37.1 Å². The van der Waals surface area contributed by atoms with Gasteiger partial charge in [0.25, 0.3) is 11.8 Å². The van der Waals surface area contributed by atoms with Crippen LogP contribution in [0.5, 0.6) is 23.0 Å². The summed E-state index contributed by atoms with van der Waals surface area (Å²) < 4.78 is 15.8. The van der Waals surface area contributed by atoms with E-state index in [9.17, 15) is 9.59 Å². The van der Waals surface area contributed by atoms with Crippen LogP contribution in [0.25, 0.3) is 0 Å². The molecule has 0 bridgehead atoms. The van der Waals surface area contributed by atoms with Gasteiger partial charge in [0.1, 0.15) is 23.0 Å². The molecule has 0 aliphatic carbocycles. The number of halogens is 3. The van der Waals surface area contributed by atoms with Crippen molar-refractivity contribution in [3.63, 3.8) is 0 Å². The molecule has 0 unspecified atom stereocenters. The highest BCUT2D eigenvalue weighted by Crippen LogP contribution is 2.32. The largest absolute Gasteiger partial charge is 0.508 e. The van der Waals surface area contributed by atoms with Crippen LogP contribution in [0.2, 0.25) is 0 Å². The molecule has 0 saturated heterocycles. The first kappa shape index (κ1) is 27.3. The Labute approximate surface area is 217 Å². The van der Waals surface area contributed by atoms with E-state index in [-0.39, 0.29) is 30.8 Å². The quantitative estimate of drug-likeness (QED) is 0.297. The third kappa shape index (κ3) is 9.81. The lowest BCUT2D eigenvalue weighted by Gasteiger charge is -2.18. The minimum absolute atomic E-state index is 0.0395. The molecule has 2 heterocycles. The lowest BCUT2D eigenvalue weighted by molar-refractivity contribution is -0.119. The van der Waals surface area contributed by atoms with Crippen LogP contribution in [0, 0.1) is 0 Å². The van der Waals surface area contributed by atoms with E-state index in [1.165, 1.54) is 18.6 Å². The van der Waals surface area contributed by atoms with Crippen LogP contribution in [-0.4, -0.2) is 52.7 Å². The van der Waals surface area contributed by atoms with Crippen LogP contribution in [0.15, 0.2) is 36.4 Å². The summed E-state index contributed by atoms with van der Waals surface area (Å²) in [4.78, 5) is 21.9. The third-order valence-corrected chi connectivity index (χ3v) is 5.68. The van der Waals surface area contributed by atoms with E-state index >= 15 is 0 Å². The second-order valence-electron chi connectivity index (χ2n) is 6.63. The number of carbonyl (C=O) groups excluding carboxylic acids is 2. The molecule has 2 amide bonds. The summed E-state index contributed by atoms with van der Waals surface area (Å²) in [5.74, 6) is 1.79. The van der Waals surface area contributed by atoms with Crippen molar-refractivity contribution in [2.75, 3.05) is 46.4 Å². The number of anilines is 2. The standard InChI is InChI=1S/C11H12BrNO3.C8H7NO3.C3H6Br2/c12-4-1-5-15-8-2-3-10-9(6-8)13-11(14)7-16-10;10-5-1-2-7-6(3-5)9-8(11)4-12-7;4-2-1-3-5/h2-3,6H,1,4-5,7H2,(H,13,14);1-3,10H,4H2,(H,9,11);1-3H2. The maximum Gasteiger partial charge on any atom is 0.262 e. The van der Waals surface area contributed by atoms with Crippen LogP contribution in [-0.2, 0) is 9.59 Å². The summed E-state index contributed by atoms with van der Waals surface area (Å²) in [6.07, 6.45) is 2.17. The number of benzene rings is 2. The summed E-state index contributed by atoms with van der Waals surface area (Å²) in [5.41, 5.74) is 1.19. The number of rotatable bonds is 6. The van der Waals surface area contributed by atoms with Crippen molar-refractivity contribution < 1.29 is 28.9 Å². The maximum atomic E-state index is 11.1. The smallest absolute Gasteiger partial charge is 0.262 e. The summed E-state index contributed by atoms with van der Waals surface area (Å²) in [6, 6.07) is 10.00. The second kappa shape index (κ2) is 15.0. The lowest BCUT2D eigenvalue weighted by Crippen LogP contribution is -2.25. The van der Waals surface area contributed by atoms with Crippen molar-refractivity contribution in [3.05, 3.63) is 36.4 Å². The highest BCUT2D eigenvalue weighted by atomic mass is 79.9. The number of phenols is 1. The summed E-state index contributed by atoms with van der Waals surface area (Å²) >= 11 is 9.89. The molecule has 0 spiro atoms. The first-order valence-electron chi connectivity index (χ1n) is 10.1. The number of amides is 2. The Hall–Kier alpha value is -1.98. The van der Waals surface area contributed by atoms with Crippen molar-refractivity contribution in [2.24, 2.45) is 0 Å². The molecule has 2 aromatic carbocycles. The summed E-state index contributed by atoms with van der Waals surface area (Å²) in [7, 11) is 0. The van der Waals surface area contributed by atoms with Gasteiger partial charge in [0.2, 0.25) is 0 Å². The predicted octanol–water partition coefficient (Wildman–Crippen LogP) is 5.07. The van der Waals surface area contributed by atoms with Crippen LogP contribution in [0.4, 0.5) is 11.4 Å². The van der Waals surface area contributed by atoms with Crippen molar-refractivity contribution >= 4 is 71.0 Å². The number of phenolic OH excluding ortho intramolecular Hbond substituents is 1. The molecule has 0 radical (unpaired) electrons. The van der Waals surface area contributed by atoms with E-state index < -0.39 is 0 Å². The van der Waals surface area contributed by atoms with E-state index in [1.807, 2.05) is 6.07 Å².